The van der Waals surface area contributed by atoms with Gasteiger partial charge in [-0.15, -0.1) is 0 Å². The third-order valence-corrected chi connectivity index (χ3v) is 5.67. The van der Waals surface area contributed by atoms with Crippen LogP contribution in [0.5, 0.6) is 5.75 Å². The molecule has 2 amide bonds. The molecular weight excluding hydrogens is 430 g/mol. The minimum absolute atomic E-state index is 0.0102. The smallest absolute Gasteiger partial charge is 0.342 e. The van der Waals surface area contributed by atoms with E-state index in [-0.39, 0.29) is 23.6 Å². The second-order valence-corrected chi connectivity index (χ2v) is 8.21. The molecule has 2 aromatic heterocycles. The number of rotatable bonds is 6. The molecule has 5 rings (SSSR count). The fourth-order valence-corrected chi connectivity index (χ4v) is 3.73. The van der Waals surface area contributed by atoms with Crippen LogP contribution >= 0.6 is 0 Å². The van der Waals surface area contributed by atoms with Crippen molar-refractivity contribution in [2.75, 3.05) is 5.32 Å². The van der Waals surface area contributed by atoms with Crippen molar-refractivity contribution in [2.45, 2.75) is 25.3 Å². The summed E-state index contributed by atoms with van der Waals surface area (Å²) in [6.07, 6.45) is 5.06. The first-order valence-electron chi connectivity index (χ1n) is 11.1. The standard InChI is InChI=1S/C26H23N5O3/c32-24-11-10-20(29-25(33)19-7-4-12-27-16-19)13-21(24)22-14-23(18-8-9-18)31(30-22)26(34)28-15-17-5-2-1-3-6-17/h1-7,10-14,16,18,32H,8-9,15H2,(H,28,34)(H,29,33). The quantitative estimate of drug-likeness (QED) is 0.372. The molecule has 2 heterocycles. The van der Waals surface area contributed by atoms with E-state index in [0.717, 1.165) is 24.1 Å². The summed E-state index contributed by atoms with van der Waals surface area (Å²) >= 11 is 0. The van der Waals surface area contributed by atoms with E-state index in [9.17, 15) is 14.7 Å². The number of aromatic nitrogens is 3. The maximum atomic E-state index is 12.9. The molecule has 0 atom stereocenters. The van der Waals surface area contributed by atoms with E-state index in [1.807, 2.05) is 36.4 Å². The highest BCUT2D eigenvalue weighted by molar-refractivity contribution is 6.04. The summed E-state index contributed by atoms with van der Waals surface area (Å²) in [4.78, 5) is 29.4. The first-order chi connectivity index (χ1) is 16.6. The summed E-state index contributed by atoms with van der Waals surface area (Å²) < 4.78 is 1.39. The summed E-state index contributed by atoms with van der Waals surface area (Å²) in [7, 11) is 0. The highest BCUT2D eigenvalue weighted by Gasteiger charge is 2.30. The van der Waals surface area contributed by atoms with Gasteiger partial charge in [0, 0.05) is 36.1 Å². The van der Waals surface area contributed by atoms with Gasteiger partial charge in [-0.2, -0.15) is 9.78 Å². The van der Waals surface area contributed by atoms with Crippen LogP contribution in [0.3, 0.4) is 0 Å². The number of amides is 2. The van der Waals surface area contributed by atoms with Crippen LogP contribution in [-0.4, -0.2) is 31.8 Å². The van der Waals surface area contributed by atoms with Gasteiger partial charge in [0.15, 0.2) is 0 Å². The molecule has 1 saturated carbocycles. The van der Waals surface area contributed by atoms with Gasteiger partial charge in [-0.25, -0.2) is 4.79 Å². The molecule has 2 aromatic carbocycles. The Morgan fingerprint density at radius 1 is 1.03 bits per heavy atom. The summed E-state index contributed by atoms with van der Waals surface area (Å²) in [6.45, 7) is 0.389. The van der Waals surface area contributed by atoms with Crippen LogP contribution < -0.4 is 10.6 Å². The average Bonchev–Trinajstić information content (AvgIpc) is 3.63. The molecule has 8 heteroatoms. The fourth-order valence-electron chi connectivity index (χ4n) is 3.73. The maximum Gasteiger partial charge on any atom is 0.342 e. The lowest BCUT2D eigenvalue weighted by Gasteiger charge is -2.09. The number of phenols is 1. The number of hydrogen-bond donors (Lipinski definition) is 3. The van der Waals surface area contributed by atoms with E-state index < -0.39 is 0 Å². The number of benzene rings is 2. The largest absolute Gasteiger partial charge is 0.507 e. The van der Waals surface area contributed by atoms with Crippen molar-refractivity contribution in [3.8, 4) is 17.0 Å². The number of carbonyl (C=O) groups is 2. The third kappa shape index (κ3) is 4.66. The van der Waals surface area contributed by atoms with Gasteiger partial charge in [-0.1, -0.05) is 30.3 Å². The molecule has 170 valence electrons. The fraction of sp³-hybridized carbons (Fsp3) is 0.154. The second kappa shape index (κ2) is 9.19. The monoisotopic (exact) mass is 453 g/mol. The molecule has 8 nitrogen and oxygen atoms in total. The van der Waals surface area contributed by atoms with Crippen LogP contribution in [0.25, 0.3) is 11.3 Å². The number of hydrogen-bond acceptors (Lipinski definition) is 5. The summed E-state index contributed by atoms with van der Waals surface area (Å²) in [6, 6.07) is 19.3. The Balaban J connectivity index is 1.39. The first-order valence-corrected chi connectivity index (χ1v) is 11.1. The summed E-state index contributed by atoms with van der Waals surface area (Å²) in [5.41, 5.74) is 3.62. The Labute approximate surface area is 196 Å². The Morgan fingerprint density at radius 2 is 1.85 bits per heavy atom. The molecule has 0 radical (unpaired) electrons. The molecule has 0 aliphatic heterocycles. The predicted molar refractivity (Wildman–Crippen MR) is 128 cm³/mol. The number of pyridine rings is 1. The molecule has 34 heavy (non-hydrogen) atoms. The van der Waals surface area contributed by atoms with Crippen LogP contribution in [0.4, 0.5) is 10.5 Å². The summed E-state index contributed by atoms with van der Waals surface area (Å²) in [5, 5.41) is 20.7. The SMILES string of the molecule is O=C(Nc1ccc(O)c(-c2cc(C3CC3)n(C(=O)NCc3ccccc3)n2)c1)c1cccnc1. The zero-order valence-corrected chi connectivity index (χ0v) is 18.3. The van der Waals surface area contributed by atoms with Gasteiger partial charge >= 0.3 is 6.03 Å². The van der Waals surface area contributed by atoms with Gasteiger partial charge < -0.3 is 15.7 Å². The molecule has 1 fully saturated rings. The predicted octanol–water partition coefficient (Wildman–Crippen LogP) is 4.54. The Morgan fingerprint density at radius 3 is 2.59 bits per heavy atom. The number of nitrogens with one attached hydrogen (secondary N) is 2. The van der Waals surface area contributed by atoms with E-state index >= 15 is 0 Å². The van der Waals surface area contributed by atoms with E-state index in [0.29, 0.717) is 29.1 Å². The average molecular weight is 454 g/mol. The minimum atomic E-state index is -0.322. The van der Waals surface area contributed by atoms with Crippen LogP contribution in [0.1, 0.15) is 40.4 Å². The number of phenolic OH excluding ortho intramolecular Hbond substituents is 1. The number of carbonyl (C=O) groups excluding carboxylic acids is 2. The normalized spacial score (nSPS) is 12.8. The van der Waals surface area contributed by atoms with Crippen LogP contribution in [0, 0.1) is 0 Å². The summed E-state index contributed by atoms with van der Waals surface area (Å²) in [5.74, 6) is -0.0374. The Hall–Kier alpha value is -4.46. The molecule has 4 aromatic rings. The lowest BCUT2D eigenvalue weighted by atomic mass is 10.1. The van der Waals surface area contributed by atoms with E-state index in [4.69, 9.17) is 0 Å². The molecular formula is C26H23N5O3. The van der Waals surface area contributed by atoms with Crippen molar-refractivity contribution in [3.05, 3.63) is 95.9 Å². The van der Waals surface area contributed by atoms with Gasteiger partial charge in [-0.3, -0.25) is 9.78 Å². The number of aromatic hydroxyl groups is 1. The van der Waals surface area contributed by atoms with Gasteiger partial charge in [0.05, 0.1) is 17.0 Å². The van der Waals surface area contributed by atoms with Crippen molar-refractivity contribution in [1.29, 1.82) is 0 Å². The number of nitrogens with zero attached hydrogens (tertiary/aromatic N) is 3. The van der Waals surface area contributed by atoms with E-state index in [1.54, 1.807) is 30.5 Å². The molecule has 3 N–H and O–H groups in total. The van der Waals surface area contributed by atoms with E-state index in [1.165, 1.54) is 16.9 Å². The lowest BCUT2D eigenvalue weighted by Crippen LogP contribution is -2.30. The van der Waals surface area contributed by atoms with Gasteiger partial charge in [-0.05, 0) is 54.8 Å². The van der Waals surface area contributed by atoms with Gasteiger partial charge in [0.1, 0.15) is 5.75 Å². The molecule has 0 saturated heterocycles. The molecule has 1 aliphatic carbocycles. The minimum Gasteiger partial charge on any atom is -0.507 e. The molecule has 0 unspecified atom stereocenters. The molecule has 0 bridgehead atoms. The Kier molecular flexibility index (Phi) is 5.78. The zero-order chi connectivity index (χ0) is 23.5. The highest BCUT2D eigenvalue weighted by Crippen LogP contribution is 2.42. The van der Waals surface area contributed by atoms with E-state index in [2.05, 4.69) is 20.7 Å². The zero-order valence-electron chi connectivity index (χ0n) is 18.3. The van der Waals surface area contributed by atoms with Crippen LogP contribution in [-0.2, 0) is 6.54 Å². The van der Waals surface area contributed by atoms with Gasteiger partial charge in [0.25, 0.3) is 5.91 Å². The van der Waals surface area contributed by atoms with Crippen molar-refractivity contribution in [2.24, 2.45) is 0 Å². The Bertz CT molecular complexity index is 1330. The molecule has 1 aliphatic rings. The van der Waals surface area contributed by atoms with Crippen molar-refractivity contribution in [3.63, 3.8) is 0 Å². The molecule has 0 spiro atoms. The third-order valence-electron chi connectivity index (χ3n) is 5.67. The highest BCUT2D eigenvalue weighted by atomic mass is 16.3. The second-order valence-electron chi connectivity index (χ2n) is 8.21. The topological polar surface area (TPSA) is 109 Å². The lowest BCUT2D eigenvalue weighted by molar-refractivity contribution is 0.102. The van der Waals surface area contributed by atoms with Crippen molar-refractivity contribution in [1.82, 2.24) is 20.1 Å². The van der Waals surface area contributed by atoms with Crippen LogP contribution in [0.2, 0.25) is 0 Å². The van der Waals surface area contributed by atoms with Gasteiger partial charge in [0.2, 0.25) is 0 Å². The maximum absolute atomic E-state index is 12.9. The first kappa shape index (κ1) is 21.4. The number of anilines is 1. The van der Waals surface area contributed by atoms with Crippen LogP contribution in [0.15, 0.2) is 79.1 Å². The van der Waals surface area contributed by atoms with Crippen molar-refractivity contribution >= 4 is 17.6 Å². The van der Waals surface area contributed by atoms with Crippen molar-refractivity contribution < 1.29 is 14.7 Å².